The molecular weight excluding hydrogens is 240 g/mol. The quantitative estimate of drug-likeness (QED) is 0.843. The van der Waals surface area contributed by atoms with Crippen LogP contribution in [0.4, 0.5) is 0 Å². The Morgan fingerprint density at radius 1 is 1.26 bits per heavy atom. The van der Waals surface area contributed by atoms with Crippen molar-refractivity contribution in [2.24, 2.45) is 0 Å². The van der Waals surface area contributed by atoms with E-state index in [4.69, 9.17) is 9.84 Å². The SMILES string of the molecule is CCOc1cc(C)c(/C(=C/CC(=O)O)CC)c(C)c1. The van der Waals surface area contributed by atoms with Gasteiger partial charge in [-0.25, -0.2) is 0 Å². The maximum Gasteiger partial charge on any atom is 0.307 e. The van der Waals surface area contributed by atoms with Gasteiger partial charge in [0.25, 0.3) is 0 Å². The van der Waals surface area contributed by atoms with Gasteiger partial charge in [0, 0.05) is 0 Å². The number of allylic oxidation sites excluding steroid dienone is 1. The smallest absolute Gasteiger partial charge is 0.307 e. The molecule has 0 spiro atoms. The topological polar surface area (TPSA) is 46.5 Å². The maximum absolute atomic E-state index is 10.7. The van der Waals surface area contributed by atoms with Gasteiger partial charge < -0.3 is 9.84 Å². The van der Waals surface area contributed by atoms with E-state index in [-0.39, 0.29) is 6.42 Å². The van der Waals surface area contributed by atoms with Crippen LogP contribution in [0, 0.1) is 13.8 Å². The number of hydrogen-bond acceptors (Lipinski definition) is 2. The molecule has 0 aliphatic rings. The fourth-order valence-electron chi connectivity index (χ4n) is 2.31. The first-order valence-corrected chi connectivity index (χ1v) is 6.64. The number of carboxylic acids is 1. The van der Waals surface area contributed by atoms with Crippen LogP contribution >= 0.6 is 0 Å². The maximum atomic E-state index is 10.7. The highest BCUT2D eigenvalue weighted by molar-refractivity contribution is 5.76. The minimum atomic E-state index is -0.799. The van der Waals surface area contributed by atoms with Crippen molar-refractivity contribution in [1.29, 1.82) is 0 Å². The third kappa shape index (κ3) is 4.12. The summed E-state index contributed by atoms with van der Waals surface area (Å²) in [7, 11) is 0. The first-order chi connectivity index (χ1) is 8.99. The van der Waals surface area contributed by atoms with Gasteiger partial charge in [0.05, 0.1) is 13.0 Å². The second-order valence-corrected chi connectivity index (χ2v) is 4.55. The second kappa shape index (κ2) is 6.98. The predicted octanol–water partition coefficient (Wildman–Crippen LogP) is 3.97. The summed E-state index contributed by atoms with van der Waals surface area (Å²) in [5, 5.41) is 8.79. The molecule has 1 aromatic rings. The van der Waals surface area contributed by atoms with Crippen molar-refractivity contribution in [1.82, 2.24) is 0 Å². The van der Waals surface area contributed by atoms with Gasteiger partial charge in [-0.3, -0.25) is 4.79 Å². The third-order valence-electron chi connectivity index (χ3n) is 3.04. The molecule has 0 aromatic heterocycles. The highest BCUT2D eigenvalue weighted by Gasteiger charge is 2.10. The first-order valence-electron chi connectivity index (χ1n) is 6.64. The van der Waals surface area contributed by atoms with Gasteiger partial charge >= 0.3 is 5.97 Å². The van der Waals surface area contributed by atoms with E-state index >= 15 is 0 Å². The Labute approximate surface area is 114 Å². The summed E-state index contributed by atoms with van der Waals surface area (Å²) >= 11 is 0. The molecule has 0 radical (unpaired) electrons. The molecule has 0 atom stereocenters. The molecule has 0 saturated carbocycles. The van der Waals surface area contributed by atoms with Crippen molar-refractivity contribution < 1.29 is 14.6 Å². The van der Waals surface area contributed by atoms with Crippen LogP contribution in [0.15, 0.2) is 18.2 Å². The van der Waals surface area contributed by atoms with E-state index in [1.165, 1.54) is 0 Å². The van der Waals surface area contributed by atoms with Gasteiger partial charge in [-0.2, -0.15) is 0 Å². The molecule has 0 saturated heterocycles. The molecule has 19 heavy (non-hydrogen) atoms. The van der Waals surface area contributed by atoms with Crippen LogP contribution in [0.25, 0.3) is 5.57 Å². The predicted molar refractivity (Wildman–Crippen MR) is 77.6 cm³/mol. The lowest BCUT2D eigenvalue weighted by atomic mass is 9.93. The van der Waals surface area contributed by atoms with Crippen molar-refractivity contribution in [2.45, 2.75) is 40.5 Å². The summed E-state index contributed by atoms with van der Waals surface area (Å²) in [6, 6.07) is 4.02. The summed E-state index contributed by atoms with van der Waals surface area (Å²) in [5.41, 5.74) is 4.48. The average molecular weight is 262 g/mol. The van der Waals surface area contributed by atoms with Crippen LogP contribution in [-0.4, -0.2) is 17.7 Å². The average Bonchev–Trinajstić information content (AvgIpc) is 2.32. The molecule has 0 aliphatic carbocycles. The number of carboxylic acid groups (broad SMARTS) is 1. The number of hydrogen-bond donors (Lipinski definition) is 1. The monoisotopic (exact) mass is 262 g/mol. The van der Waals surface area contributed by atoms with Crippen LogP contribution in [0.3, 0.4) is 0 Å². The highest BCUT2D eigenvalue weighted by atomic mass is 16.5. The molecule has 0 unspecified atom stereocenters. The molecule has 3 nitrogen and oxygen atoms in total. The zero-order valence-electron chi connectivity index (χ0n) is 12.1. The first kappa shape index (κ1) is 15.3. The van der Waals surface area contributed by atoms with E-state index < -0.39 is 5.97 Å². The Bertz CT molecular complexity index is 464. The lowest BCUT2D eigenvalue weighted by Gasteiger charge is -2.15. The van der Waals surface area contributed by atoms with Crippen molar-refractivity contribution in [3.05, 3.63) is 34.9 Å². The van der Waals surface area contributed by atoms with Crippen LogP contribution in [0.1, 0.15) is 43.4 Å². The van der Waals surface area contributed by atoms with E-state index in [9.17, 15) is 4.79 Å². The molecule has 1 rings (SSSR count). The van der Waals surface area contributed by atoms with Gasteiger partial charge in [0.2, 0.25) is 0 Å². The Hall–Kier alpha value is -1.77. The van der Waals surface area contributed by atoms with E-state index in [2.05, 4.69) is 0 Å². The standard InChI is InChI=1S/C16H22O3/c1-5-13(7-8-15(17)18)16-11(3)9-14(19-6-2)10-12(16)4/h7,9-10H,5-6,8H2,1-4H3,(H,17,18)/b13-7+. The molecular formula is C16H22O3. The van der Waals surface area contributed by atoms with Crippen molar-refractivity contribution >= 4 is 11.5 Å². The van der Waals surface area contributed by atoms with Crippen LogP contribution in [0.2, 0.25) is 0 Å². The van der Waals surface area contributed by atoms with Gasteiger partial charge in [-0.1, -0.05) is 13.0 Å². The molecule has 104 valence electrons. The molecule has 0 fully saturated rings. The Morgan fingerprint density at radius 2 is 1.84 bits per heavy atom. The Kier molecular flexibility index (Phi) is 5.61. The lowest BCUT2D eigenvalue weighted by molar-refractivity contribution is -0.135. The Morgan fingerprint density at radius 3 is 2.26 bits per heavy atom. The van der Waals surface area contributed by atoms with Gasteiger partial charge in [-0.15, -0.1) is 0 Å². The number of rotatable bonds is 6. The van der Waals surface area contributed by atoms with Gasteiger partial charge in [-0.05, 0) is 61.6 Å². The van der Waals surface area contributed by atoms with Crippen molar-refractivity contribution in [2.75, 3.05) is 6.61 Å². The summed E-state index contributed by atoms with van der Waals surface area (Å²) in [4.78, 5) is 10.7. The fraction of sp³-hybridized carbons (Fsp3) is 0.438. The molecule has 1 aromatic carbocycles. The number of ether oxygens (including phenoxy) is 1. The summed E-state index contributed by atoms with van der Waals surface area (Å²) in [5.74, 6) is 0.0714. The Balaban J connectivity index is 3.17. The largest absolute Gasteiger partial charge is 0.494 e. The zero-order chi connectivity index (χ0) is 14.4. The van der Waals surface area contributed by atoms with E-state index in [0.717, 1.165) is 34.4 Å². The highest BCUT2D eigenvalue weighted by Crippen LogP contribution is 2.29. The third-order valence-corrected chi connectivity index (χ3v) is 3.04. The normalized spacial score (nSPS) is 11.5. The zero-order valence-corrected chi connectivity index (χ0v) is 12.1. The summed E-state index contributed by atoms with van der Waals surface area (Å²) in [6.07, 6.45) is 2.69. The molecule has 3 heteroatoms. The van der Waals surface area contributed by atoms with Gasteiger partial charge in [0.1, 0.15) is 5.75 Å². The summed E-state index contributed by atoms with van der Waals surface area (Å²) < 4.78 is 5.52. The van der Waals surface area contributed by atoms with Crippen molar-refractivity contribution in [3.8, 4) is 5.75 Å². The number of aryl methyl sites for hydroxylation is 2. The molecule has 0 amide bonds. The van der Waals surface area contributed by atoms with Crippen LogP contribution in [0.5, 0.6) is 5.75 Å². The number of carbonyl (C=O) groups is 1. The van der Waals surface area contributed by atoms with Crippen LogP contribution in [-0.2, 0) is 4.79 Å². The second-order valence-electron chi connectivity index (χ2n) is 4.55. The molecule has 0 bridgehead atoms. The fourth-order valence-corrected chi connectivity index (χ4v) is 2.31. The van der Waals surface area contributed by atoms with E-state index in [1.54, 1.807) is 6.08 Å². The van der Waals surface area contributed by atoms with E-state index in [0.29, 0.717) is 6.61 Å². The molecule has 0 aliphatic heterocycles. The minimum Gasteiger partial charge on any atom is -0.494 e. The summed E-state index contributed by atoms with van der Waals surface area (Å²) in [6.45, 7) is 8.73. The molecule has 0 heterocycles. The van der Waals surface area contributed by atoms with Crippen LogP contribution < -0.4 is 4.74 Å². The minimum absolute atomic E-state index is 0.0647. The van der Waals surface area contributed by atoms with E-state index in [1.807, 2.05) is 39.8 Å². The molecule has 1 N–H and O–H groups in total. The number of aliphatic carboxylic acids is 1. The lowest BCUT2D eigenvalue weighted by Crippen LogP contribution is -1.99. The van der Waals surface area contributed by atoms with Crippen molar-refractivity contribution in [3.63, 3.8) is 0 Å². The number of benzene rings is 1. The van der Waals surface area contributed by atoms with Gasteiger partial charge in [0.15, 0.2) is 0 Å².